The van der Waals surface area contributed by atoms with Crippen molar-refractivity contribution in [2.75, 3.05) is 5.32 Å². The molecular formula is C17H11BrN2O5. The molecule has 3 rings (SSSR count). The Morgan fingerprint density at radius 1 is 1.20 bits per heavy atom. The standard InChI is InChI=1S/C17H11BrN2O5/c1-9-6-11(18)2-4-14(9)19-16(21)13-8-10-7-12(20(23)24)3-5-15(10)25-17(13)22/h2-8H,1H3,(H,19,21). The third kappa shape index (κ3) is 3.43. The number of hydrogen-bond donors (Lipinski definition) is 1. The fourth-order valence-electron chi connectivity index (χ4n) is 2.34. The van der Waals surface area contributed by atoms with Gasteiger partial charge in [-0.3, -0.25) is 14.9 Å². The summed E-state index contributed by atoms with van der Waals surface area (Å²) in [5, 5.41) is 13.8. The molecule has 0 aliphatic heterocycles. The van der Waals surface area contributed by atoms with Crippen LogP contribution in [-0.2, 0) is 0 Å². The van der Waals surface area contributed by atoms with Crippen LogP contribution in [-0.4, -0.2) is 10.8 Å². The zero-order chi connectivity index (χ0) is 18.1. The molecule has 0 saturated carbocycles. The molecule has 2 aromatic carbocycles. The van der Waals surface area contributed by atoms with Crippen LogP contribution in [0.4, 0.5) is 11.4 Å². The summed E-state index contributed by atoms with van der Waals surface area (Å²) in [4.78, 5) is 34.8. The number of nitro groups is 1. The molecule has 8 heteroatoms. The van der Waals surface area contributed by atoms with Crippen LogP contribution in [0.1, 0.15) is 15.9 Å². The summed E-state index contributed by atoms with van der Waals surface area (Å²) >= 11 is 3.33. The summed E-state index contributed by atoms with van der Waals surface area (Å²) < 4.78 is 5.95. The van der Waals surface area contributed by atoms with E-state index in [1.165, 1.54) is 24.3 Å². The highest BCUT2D eigenvalue weighted by molar-refractivity contribution is 9.10. The lowest BCUT2D eigenvalue weighted by atomic mass is 10.1. The Morgan fingerprint density at radius 2 is 1.96 bits per heavy atom. The van der Waals surface area contributed by atoms with Gasteiger partial charge in [0.25, 0.3) is 11.6 Å². The largest absolute Gasteiger partial charge is 0.422 e. The fraction of sp³-hybridized carbons (Fsp3) is 0.0588. The Morgan fingerprint density at radius 3 is 2.64 bits per heavy atom. The van der Waals surface area contributed by atoms with Gasteiger partial charge in [0.2, 0.25) is 0 Å². The van der Waals surface area contributed by atoms with E-state index >= 15 is 0 Å². The Bertz CT molecular complexity index is 1070. The predicted molar refractivity (Wildman–Crippen MR) is 96.0 cm³/mol. The summed E-state index contributed by atoms with van der Waals surface area (Å²) in [6, 6.07) is 10.4. The van der Waals surface area contributed by atoms with Gasteiger partial charge in [-0.05, 0) is 42.8 Å². The van der Waals surface area contributed by atoms with Crippen LogP contribution in [0.25, 0.3) is 11.0 Å². The molecule has 0 bridgehead atoms. The van der Waals surface area contributed by atoms with Crippen molar-refractivity contribution in [2.24, 2.45) is 0 Å². The molecule has 1 heterocycles. The van der Waals surface area contributed by atoms with E-state index in [1.807, 2.05) is 13.0 Å². The maximum Gasteiger partial charge on any atom is 0.349 e. The minimum absolute atomic E-state index is 0.156. The van der Waals surface area contributed by atoms with E-state index in [0.717, 1.165) is 10.0 Å². The highest BCUT2D eigenvalue weighted by atomic mass is 79.9. The second kappa shape index (κ2) is 6.48. The maximum atomic E-state index is 12.4. The first-order valence-corrected chi connectivity index (χ1v) is 7.94. The van der Waals surface area contributed by atoms with Crippen molar-refractivity contribution < 1.29 is 14.1 Å². The van der Waals surface area contributed by atoms with E-state index in [2.05, 4.69) is 21.2 Å². The van der Waals surface area contributed by atoms with E-state index in [4.69, 9.17) is 4.42 Å². The smallest absolute Gasteiger partial charge is 0.349 e. The zero-order valence-corrected chi connectivity index (χ0v) is 14.5. The van der Waals surface area contributed by atoms with E-state index in [-0.39, 0.29) is 16.8 Å². The number of benzene rings is 2. The van der Waals surface area contributed by atoms with E-state index in [0.29, 0.717) is 11.1 Å². The molecule has 0 aliphatic carbocycles. The number of amides is 1. The van der Waals surface area contributed by atoms with Crippen LogP contribution >= 0.6 is 15.9 Å². The first-order chi connectivity index (χ1) is 11.8. The van der Waals surface area contributed by atoms with Gasteiger partial charge in [0, 0.05) is 27.7 Å². The topological polar surface area (TPSA) is 102 Å². The zero-order valence-electron chi connectivity index (χ0n) is 12.9. The summed E-state index contributed by atoms with van der Waals surface area (Å²) in [7, 11) is 0. The third-order valence-corrected chi connectivity index (χ3v) is 4.10. The lowest BCUT2D eigenvalue weighted by Crippen LogP contribution is -2.21. The Hall–Kier alpha value is -3.00. The molecule has 0 radical (unpaired) electrons. The molecule has 0 spiro atoms. The van der Waals surface area contributed by atoms with Crippen LogP contribution < -0.4 is 10.9 Å². The van der Waals surface area contributed by atoms with E-state index < -0.39 is 16.5 Å². The van der Waals surface area contributed by atoms with Crippen LogP contribution in [0.2, 0.25) is 0 Å². The van der Waals surface area contributed by atoms with Crippen LogP contribution in [0.3, 0.4) is 0 Å². The van der Waals surface area contributed by atoms with Gasteiger partial charge in [0.05, 0.1) is 4.92 Å². The van der Waals surface area contributed by atoms with Gasteiger partial charge in [0.1, 0.15) is 11.1 Å². The minimum Gasteiger partial charge on any atom is -0.422 e. The molecule has 0 saturated heterocycles. The molecule has 7 nitrogen and oxygen atoms in total. The number of halogens is 1. The van der Waals surface area contributed by atoms with Gasteiger partial charge in [-0.25, -0.2) is 4.79 Å². The second-order valence-electron chi connectivity index (χ2n) is 5.34. The number of fused-ring (bicyclic) bond motifs is 1. The highest BCUT2D eigenvalue weighted by Crippen LogP contribution is 2.22. The molecule has 1 amide bonds. The van der Waals surface area contributed by atoms with Gasteiger partial charge in [-0.15, -0.1) is 0 Å². The van der Waals surface area contributed by atoms with Crippen LogP contribution in [0.15, 0.2) is 56.1 Å². The first-order valence-electron chi connectivity index (χ1n) is 7.15. The van der Waals surface area contributed by atoms with Crippen molar-refractivity contribution in [3.05, 3.63) is 78.6 Å². The quantitative estimate of drug-likeness (QED) is 0.404. The van der Waals surface area contributed by atoms with Crippen molar-refractivity contribution in [3.8, 4) is 0 Å². The normalized spacial score (nSPS) is 10.6. The van der Waals surface area contributed by atoms with Crippen molar-refractivity contribution >= 4 is 44.2 Å². The minimum atomic E-state index is -0.811. The number of non-ortho nitro benzene ring substituents is 1. The predicted octanol–water partition coefficient (Wildman–Crippen LogP) is 4.02. The SMILES string of the molecule is Cc1cc(Br)ccc1NC(=O)c1cc2cc([N+](=O)[O-])ccc2oc1=O. The average molecular weight is 403 g/mol. The Balaban J connectivity index is 2.01. The molecule has 1 aromatic heterocycles. The molecule has 0 atom stereocenters. The number of nitrogens with one attached hydrogen (secondary N) is 1. The highest BCUT2D eigenvalue weighted by Gasteiger charge is 2.16. The number of rotatable bonds is 3. The number of hydrogen-bond acceptors (Lipinski definition) is 5. The number of nitro benzene ring substituents is 1. The van der Waals surface area contributed by atoms with Crippen molar-refractivity contribution in [1.29, 1.82) is 0 Å². The van der Waals surface area contributed by atoms with Crippen molar-refractivity contribution in [1.82, 2.24) is 0 Å². The summed E-state index contributed by atoms with van der Waals surface area (Å²) in [5.41, 5.74) is 0.336. The van der Waals surface area contributed by atoms with Gasteiger partial charge < -0.3 is 9.73 Å². The van der Waals surface area contributed by atoms with Gasteiger partial charge in [0.15, 0.2) is 0 Å². The van der Waals surface area contributed by atoms with Crippen molar-refractivity contribution in [3.63, 3.8) is 0 Å². The van der Waals surface area contributed by atoms with Gasteiger partial charge >= 0.3 is 5.63 Å². The van der Waals surface area contributed by atoms with Crippen molar-refractivity contribution in [2.45, 2.75) is 6.92 Å². The molecule has 0 fully saturated rings. The monoisotopic (exact) mass is 402 g/mol. The van der Waals surface area contributed by atoms with E-state index in [9.17, 15) is 19.7 Å². The number of carbonyl (C=O) groups excluding carboxylic acids is 1. The lowest BCUT2D eigenvalue weighted by Gasteiger charge is -2.08. The van der Waals surface area contributed by atoms with Crippen LogP contribution in [0.5, 0.6) is 0 Å². The summed E-state index contributed by atoms with van der Waals surface area (Å²) in [6.07, 6.45) is 0. The molecule has 0 aliphatic rings. The average Bonchev–Trinajstić information content (AvgIpc) is 2.56. The molecule has 25 heavy (non-hydrogen) atoms. The third-order valence-electron chi connectivity index (χ3n) is 3.61. The number of anilines is 1. The molecular weight excluding hydrogens is 392 g/mol. The first kappa shape index (κ1) is 16.8. The van der Waals surface area contributed by atoms with Gasteiger partial charge in [-0.1, -0.05) is 15.9 Å². The van der Waals surface area contributed by atoms with Gasteiger partial charge in [-0.2, -0.15) is 0 Å². The summed E-state index contributed by atoms with van der Waals surface area (Å²) in [5.74, 6) is -0.646. The van der Waals surface area contributed by atoms with E-state index in [1.54, 1.807) is 12.1 Å². The summed E-state index contributed by atoms with van der Waals surface area (Å²) in [6.45, 7) is 1.81. The lowest BCUT2D eigenvalue weighted by molar-refractivity contribution is -0.384. The molecule has 126 valence electrons. The molecule has 0 unspecified atom stereocenters. The Kier molecular flexibility index (Phi) is 4.37. The van der Waals surface area contributed by atoms with Crippen LogP contribution in [0, 0.1) is 17.0 Å². The molecule has 3 aromatic rings. The molecule has 1 N–H and O–H groups in total. The number of aryl methyl sites for hydroxylation is 1. The second-order valence-corrected chi connectivity index (χ2v) is 6.26. The number of nitrogens with zero attached hydrogens (tertiary/aromatic N) is 1. The number of carbonyl (C=O) groups is 1. The Labute approximate surface area is 149 Å². The fourth-order valence-corrected chi connectivity index (χ4v) is 2.82. The maximum absolute atomic E-state index is 12.4.